The van der Waals surface area contributed by atoms with E-state index in [9.17, 15) is 9.59 Å². The fourth-order valence-corrected chi connectivity index (χ4v) is 1.17. The van der Waals surface area contributed by atoms with Crippen LogP contribution >= 0.6 is 0 Å². The van der Waals surface area contributed by atoms with E-state index in [1.165, 1.54) is 9.80 Å². The molecular formula is C8H11N3O2. The Kier molecular flexibility index (Phi) is 2.85. The van der Waals surface area contributed by atoms with Crippen molar-refractivity contribution < 1.29 is 9.59 Å². The van der Waals surface area contributed by atoms with Gasteiger partial charge in [0.2, 0.25) is 0 Å². The van der Waals surface area contributed by atoms with Crippen molar-refractivity contribution >= 4 is 11.8 Å². The number of carbonyl (C=O) groups is 2. The molecule has 1 fully saturated rings. The molecule has 0 spiro atoms. The van der Waals surface area contributed by atoms with Crippen molar-refractivity contribution in [1.29, 1.82) is 5.26 Å². The van der Waals surface area contributed by atoms with Gasteiger partial charge in [0.15, 0.2) is 0 Å². The molecule has 70 valence electrons. The Hall–Kier alpha value is -1.57. The van der Waals surface area contributed by atoms with Crippen LogP contribution in [0, 0.1) is 11.3 Å². The third-order valence-electron chi connectivity index (χ3n) is 2.02. The second-order valence-electron chi connectivity index (χ2n) is 2.93. The van der Waals surface area contributed by atoms with E-state index < -0.39 is 11.8 Å². The maximum atomic E-state index is 11.3. The van der Waals surface area contributed by atoms with E-state index in [0.717, 1.165) is 0 Å². The van der Waals surface area contributed by atoms with Crippen molar-refractivity contribution in [1.82, 2.24) is 9.80 Å². The van der Waals surface area contributed by atoms with Crippen LogP contribution in [-0.4, -0.2) is 48.3 Å². The van der Waals surface area contributed by atoms with Gasteiger partial charge in [0.1, 0.15) is 0 Å². The summed E-state index contributed by atoms with van der Waals surface area (Å²) in [7, 11) is 1.60. The molecule has 0 saturated carbocycles. The van der Waals surface area contributed by atoms with Gasteiger partial charge in [0.05, 0.1) is 12.5 Å². The molecule has 0 aliphatic carbocycles. The minimum atomic E-state index is -0.496. The van der Waals surface area contributed by atoms with Crippen molar-refractivity contribution in [3.8, 4) is 6.07 Å². The number of piperazine rings is 1. The molecule has 5 nitrogen and oxygen atoms in total. The highest BCUT2D eigenvalue weighted by molar-refractivity contribution is 6.35. The SMILES string of the molecule is CN1CCN(CCC#N)C(=O)C1=O. The normalized spacial score (nSPS) is 17.5. The Labute approximate surface area is 76.5 Å². The molecule has 1 saturated heterocycles. The summed E-state index contributed by atoms with van der Waals surface area (Å²) in [5.74, 6) is -0.979. The van der Waals surface area contributed by atoms with E-state index in [0.29, 0.717) is 19.6 Å². The molecule has 5 heteroatoms. The standard InChI is InChI=1S/C8H11N3O2/c1-10-5-6-11(4-2-3-9)8(13)7(10)12/h2,4-6H2,1H3. The van der Waals surface area contributed by atoms with Gasteiger partial charge >= 0.3 is 11.8 Å². The van der Waals surface area contributed by atoms with Crippen molar-refractivity contribution in [2.45, 2.75) is 6.42 Å². The first-order valence-electron chi connectivity index (χ1n) is 4.08. The molecule has 13 heavy (non-hydrogen) atoms. The highest BCUT2D eigenvalue weighted by Gasteiger charge is 2.29. The summed E-state index contributed by atoms with van der Waals surface area (Å²) in [6, 6.07) is 1.94. The summed E-state index contributed by atoms with van der Waals surface area (Å²) in [5.41, 5.74) is 0. The van der Waals surface area contributed by atoms with Crippen molar-refractivity contribution in [3.05, 3.63) is 0 Å². The number of hydrogen-bond donors (Lipinski definition) is 0. The third kappa shape index (κ3) is 1.96. The number of likely N-dealkylation sites (N-methyl/N-ethyl adjacent to an activating group) is 1. The van der Waals surface area contributed by atoms with E-state index in [1.807, 2.05) is 6.07 Å². The van der Waals surface area contributed by atoms with Gasteiger partial charge in [0, 0.05) is 26.7 Å². The Morgan fingerprint density at radius 1 is 1.38 bits per heavy atom. The minimum Gasteiger partial charge on any atom is -0.336 e. The molecule has 0 aromatic heterocycles. The van der Waals surface area contributed by atoms with Gasteiger partial charge < -0.3 is 9.80 Å². The molecule has 0 aromatic rings. The highest BCUT2D eigenvalue weighted by Crippen LogP contribution is 2.02. The molecule has 0 bridgehead atoms. The Bertz CT molecular complexity index is 269. The second-order valence-corrected chi connectivity index (χ2v) is 2.93. The van der Waals surface area contributed by atoms with Crippen molar-refractivity contribution in [2.24, 2.45) is 0 Å². The van der Waals surface area contributed by atoms with Gasteiger partial charge in [-0.2, -0.15) is 5.26 Å². The van der Waals surface area contributed by atoms with Gasteiger partial charge in [-0.15, -0.1) is 0 Å². The van der Waals surface area contributed by atoms with Crippen molar-refractivity contribution in [2.75, 3.05) is 26.7 Å². The molecule has 0 radical (unpaired) electrons. The lowest BCUT2D eigenvalue weighted by Gasteiger charge is -2.30. The van der Waals surface area contributed by atoms with Crippen LogP contribution in [0.3, 0.4) is 0 Å². The fraction of sp³-hybridized carbons (Fsp3) is 0.625. The minimum absolute atomic E-state index is 0.280. The Morgan fingerprint density at radius 2 is 2.08 bits per heavy atom. The van der Waals surface area contributed by atoms with E-state index >= 15 is 0 Å². The van der Waals surface area contributed by atoms with Gasteiger partial charge in [-0.3, -0.25) is 9.59 Å². The third-order valence-corrected chi connectivity index (χ3v) is 2.02. The summed E-state index contributed by atoms with van der Waals surface area (Å²) in [5, 5.41) is 8.32. The van der Waals surface area contributed by atoms with Crippen LogP contribution in [0.25, 0.3) is 0 Å². The quantitative estimate of drug-likeness (QED) is 0.524. The van der Waals surface area contributed by atoms with E-state index in [4.69, 9.17) is 5.26 Å². The number of rotatable bonds is 2. The highest BCUT2D eigenvalue weighted by atomic mass is 16.2. The lowest BCUT2D eigenvalue weighted by atomic mass is 10.3. The molecule has 0 atom stereocenters. The number of hydrogen-bond acceptors (Lipinski definition) is 3. The molecule has 2 amide bonds. The van der Waals surface area contributed by atoms with Crippen LogP contribution in [-0.2, 0) is 9.59 Å². The number of amides is 2. The first-order chi connectivity index (χ1) is 6.16. The van der Waals surface area contributed by atoms with E-state index in [-0.39, 0.29) is 6.42 Å². The second kappa shape index (κ2) is 3.90. The zero-order valence-corrected chi connectivity index (χ0v) is 7.49. The van der Waals surface area contributed by atoms with E-state index in [1.54, 1.807) is 7.05 Å². The average Bonchev–Trinajstić information content (AvgIpc) is 2.13. The fourth-order valence-electron chi connectivity index (χ4n) is 1.17. The average molecular weight is 181 g/mol. The predicted octanol–water partition coefficient (Wildman–Crippen LogP) is -0.799. The largest absolute Gasteiger partial charge is 0.336 e. The summed E-state index contributed by atoms with van der Waals surface area (Å²) in [4.78, 5) is 25.2. The van der Waals surface area contributed by atoms with Gasteiger partial charge in [-0.05, 0) is 0 Å². The zero-order valence-electron chi connectivity index (χ0n) is 7.49. The van der Waals surface area contributed by atoms with E-state index in [2.05, 4.69) is 0 Å². The lowest BCUT2D eigenvalue weighted by Crippen LogP contribution is -2.52. The number of nitrogens with zero attached hydrogens (tertiary/aromatic N) is 3. The molecule has 1 heterocycles. The summed E-state index contributed by atoms with van der Waals surface area (Å²) < 4.78 is 0. The van der Waals surface area contributed by atoms with Crippen LogP contribution < -0.4 is 0 Å². The molecule has 0 N–H and O–H groups in total. The molecule has 1 rings (SSSR count). The Balaban J connectivity index is 2.55. The van der Waals surface area contributed by atoms with Crippen molar-refractivity contribution in [3.63, 3.8) is 0 Å². The molecule has 1 aliphatic rings. The predicted molar refractivity (Wildman–Crippen MR) is 44.4 cm³/mol. The smallest absolute Gasteiger partial charge is 0.312 e. The summed E-state index contributed by atoms with van der Waals surface area (Å²) in [6.07, 6.45) is 0.280. The van der Waals surface area contributed by atoms with Crippen LogP contribution in [0.5, 0.6) is 0 Å². The summed E-state index contributed by atoms with van der Waals surface area (Å²) in [6.45, 7) is 1.44. The van der Waals surface area contributed by atoms with Crippen LogP contribution in [0.4, 0.5) is 0 Å². The molecular weight excluding hydrogens is 170 g/mol. The van der Waals surface area contributed by atoms with Crippen LogP contribution in [0.1, 0.15) is 6.42 Å². The monoisotopic (exact) mass is 181 g/mol. The van der Waals surface area contributed by atoms with Crippen LogP contribution in [0.15, 0.2) is 0 Å². The zero-order chi connectivity index (χ0) is 9.84. The first-order valence-corrected chi connectivity index (χ1v) is 4.08. The number of carbonyl (C=O) groups excluding carboxylic acids is 2. The van der Waals surface area contributed by atoms with Gasteiger partial charge in [0.25, 0.3) is 0 Å². The topological polar surface area (TPSA) is 64.4 Å². The molecule has 0 aromatic carbocycles. The Morgan fingerprint density at radius 3 is 2.69 bits per heavy atom. The summed E-state index contributed by atoms with van der Waals surface area (Å²) >= 11 is 0. The van der Waals surface area contributed by atoms with Gasteiger partial charge in [-0.1, -0.05) is 0 Å². The van der Waals surface area contributed by atoms with Gasteiger partial charge in [-0.25, -0.2) is 0 Å². The maximum absolute atomic E-state index is 11.3. The number of nitriles is 1. The lowest BCUT2D eigenvalue weighted by molar-refractivity contribution is -0.154. The molecule has 0 unspecified atom stereocenters. The van der Waals surface area contributed by atoms with Crippen LogP contribution in [0.2, 0.25) is 0 Å². The molecule has 1 aliphatic heterocycles. The maximum Gasteiger partial charge on any atom is 0.312 e. The first kappa shape index (κ1) is 9.52.